The van der Waals surface area contributed by atoms with E-state index in [9.17, 15) is 9.59 Å². The molecule has 0 aliphatic heterocycles. The lowest BCUT2D eigenvalue weighted by Gasteiger charge is -2.21. The van der Waals surface area contributed by atoms with Crippen molar-refractivity contribution in [2.24, 2.45) is 5.92 Å². The Bertz CT molecular complexity index is 409. The smallest absolute Gasteiger partial charge is 0.303 e. The molecule has 0 saturated heterocycles. The lowest BCUT2D eigenvalue weighted by atomic mass is 9.81. The predicted molar refractivity (Wildman–Crippen MR) is 54.8 cm³/mol. The fourth-order valence-corrected chi connectivity index (χ4v) is 2.12. The molecule has 2 rings (SSSR count). The molecule has 3 nitrogen and oxygen atoms in total. The van der Waals surface area contributed by atoms with Crippen LogP contribution in [0.3, 0.4) is 0 Å². The molecule has 0 heterocycles. The number of carboxylic acid groups (broad SMARTS) is 1. The molecule has 0 radical (unpaired) electrons. The third kappa shape index (κ3) is 2.06. The van der Waals surface area contributed by atoms with Gasteiger partial charge in [0.05, 0.1) is 0 Å². The molecule has 78 valence electrons. The van der Waals surface area contributed by atoms with Crippen molar-refractivity contribution in [3.63, 3.8) is 0 Å². The number of aliphatic carboxylic acids is 1. The van der Waals surface area contributed by atoms with Crippen LogP contribution in [0.1, 0.15) is 28.8 Å². The number of rotatable bonds is 2. The van der Waals surface area contributed by atoms with E-state index >= 15 is 0 Å². The van der Waals surface area contributed by atoms with Crippen molar-refractivity contribution < 1.29 is 14.7 Å². The maximum atomic E-state index is 11.7. The second kappa shape index (κ2) is 3.85. The molecular weight excluding hydrogens is 192 g/mol. The maximum Gasteiger partial charge on any atom is 0.303 e. The molecule has 1 atom stereocenters. The third-order valence-electron chi connectivity index (χ3n) is 2.76. The highest BCUT2D eigenvalue weighted by Gasteiger charge is 2.25. The van der Waals surface area contributed by atoms with Crippen molar-refractivity contribution in [3.05, 3.63) is 35.4 Å². The first kappa shape index (κ1) is 9.90. The number of hydrogen-bond donors (Lipinski definition) is 1. The summed E-state index contributed by atoms with van der Waals surface area (Å²) in [4.78, 5) is 22.3. The number of hydrogen-bond acceptors (Lipinski definition) is 2. The van der Waals surface area contributed by atoms with E-state index < -0.39 is 5.97 Å². The lowest BCUT2D eigenvalue weighted by molar-refractivity contribution is -0.138. The standard InChI is InChI=1S/C12H12O3/c13-11-6-8(7-12(14)15)5-9-3-1-2-4-10(9)11/h1-4,8H,5-7H2,(H,14,15). The summed E-state index contributed by atoms with van der Waals surface area (Å²) in [6.45, 7) is 0. The number of carboxylic acids is 1. The van der Waals surface area contributed by atoms with Gasteiger partial charge in [0, 0.05) is 18.4 Å². The van der Waals surface area contributed by atoms with Crippen molar-refractivity contribution in [3.8, 4) is 0 Å². The van der Waals surface area contributed by atoms with Crippen LogP contribution in [-0.4, -0.2) is 16.9 Å². The highest BCUT2D eigenvalue weighted by atomic mass is 16.4. The number of carbonyl (C=O) groups is 2. The van der Waals surface area contributed by atoms with Gasteiger partial charge in [-0.25, -0.2) is 0 Å². The highest BCUT2D eigenvalue weighted by Crippen LogP contribution is 2.27. The Labute approximate surface area is 87.7 Å². The van der Waals surface area contributed by atoms with Crippen LogP contribution in [0.4, 0.5) is 0 Å². The molecule has 0 amide bonds. The van der Waals surface area contributed by atoms with Crippen molar-refractivity contribution in [1.82, 2.24) is 0 Å². The average molecular weight is 204 g/mol. The van der Waals surface area contributed by atoms with Gasteiger partial charge in [0.15, 0.2) is 5.78 Å². The van der Waals surface area contributed by atoms with Crippen LogP contribution in [0.5, 0.6) is 0 Å². The second-order valence-electron chi connectivity index (χ2n) is 3.95. The Morgan fingerprint density at radius 2 is 2.07 bits per heavy atom. The fraction of sp³-hybridized carbons (Fsp3) is 0.333. The van der Waals surface area contributed by atoms with Gasteiger partial charge in [-0.3, -0.25) is 9.59 Å². The van der Waals surface area contributed by atoms with Crippen molar-refractivity contribution in [2.75, 3.05) is 0 Å². The SMILES string of the molecule is O=C(O)CC1CC(=O)c2ccccc2C1. The van der Waals surface area contributed by atoms with E-state index in [0.717, 1.165) is 11.1 Å². The molecule has 0 saturated carbocycles. The minimum absolute atomic E-state index is 0.0371. The minimum Gasteiger partial charge on any atom is -0.481 e. The van der Waals surface area contributed by atoms with Crippen LogP contribution >= 0.6 is 0 Å². The Morgan fingerprint density at radius 3 is 2.80 bits per heavy atom. The molecule has 0 spiro atoms. The predicted octanol–water partition coefficient (Wildman–Crippen LogP) is 1.91. The number of ketones is 1. The van der Waals surface area contributed by atoms with Gasteiger partial charge in [-0.15, -0.1) is 0 Å². The molecule has 0 bridgehead atoms. The van der Waals surface area contributed by atoms with Gasteiger partial charge >= 0.3 is 5.97 Å². The summed E-state index contributed by atoms with van der Waals surface area (Å²) in [5.41, 5.74) is 1.75. The molecule has 15 heavy (non-hydrogen) atoms. The van der Waals surface area contributed by atoms with Crippen molar-refractivity contribution >= 4 is 11.8 Å². The van der Waals surface area contributed by atoms with Crippen molar-refractivity contribution in [2.45, 2.75) is 19.3 Å². The van der Waals surface area contributed by atoms with E-state index in [2.05, 4.69) is 0 Å². The molecule has 1 aliphatic rings. The Kier molecular flexibility index (Phi) is 2.54. The summed E-state index contributed by atoms with van der Waals surface area (Å²) in [7, 11) is 0. The topological polar surface area (TPSA) is 54.4 Å². The van der Waals surface area contributed by atoms with Crippen LogP contribution in [0.2, 0.25) is 0 Å². The third-order valence-corrected chi connectivity index (χ3v) is 2.76. The minimum atomic E-state index is -0.827. The zero-order valence-corrected chi connectivity index (χ0v) is 8.27. The normalized spacial score (nSPS) is 19.7. The van der Waals surface area contributed by atoms with Gasteiger partial charge in [-0.05, 0) is 17.9 Å². The summed E-state index contributed by atoms with van der Waals surface area (Å²) in [5.74, 6) is -0.791. The van der Waals surface area contributed by atoms with Gasteiger partial charge in [-0.1, -0.05) is 24.3 Å². The lowest BCUT2D eigenvalue weighted by Crippen LogP contribution is -2.22. The Morgan fingerprint density at radius 1 is 1.33 bits per heavy atom. The van der Waals surface area contributed by atoms with E-state index in [0.29, 0.717) is 12.8 Å². The van der Waals surface area contributed by atoms with Gasteiger partial charge in [-0.2, -0.15) is 0 Å². The summed E-state index contributed by atoms with van der Waals surface area (Å²) >= 11 is 0. The van der Waals surface area contributed by atoms with E-state index in [-0.39, 0.29) is 18.1 Å². The largest absolute Gasteiger partial charge is 0.481 e. The molecule has 3 heteroatoms. The van der Waals surface area contributed by atoms with E-state index in [4.69, 9.17) is 5.11 Å². The summed E-state index contributed by atoms with van der Waals surface area (Å²) < 4.78 is 0. The zero-order chi connectivity index (χ0) is 10.8. The summed E-state index contributed by atoms with van der Waals surface area (Å²) in [5, 5.41) is 8.69. The summed E-state index contributed by atoms with van der Waals surface area (Å²) in [6.07, 6.45) is 1.15. The molecule has 0 fully saturated rings. The molecule has 1 aromatic carbocycles. The second-order valence-corrected chi connectivity index (χ2v) is 3.95. The number of fused-ring (bicyclic) bond motifs is 1. The van der Waals surface area contributed by atoms with Gasteiger partial charge in [0.25, 0.3) is 0 Å². The Balaban J connectivity index is 2.23. The van der Waals surface area contributed by atoms with Crippen LogP contribution in [0.15, 0.2) is 24.3 Å². The van der Waals surface area contributed by atoms with Crippen LogP contribution < -0.4 is 0 Å². The molecule has 1 aromatic rings. The fourth-order valence-electron chi connectivity index (χ4n) is 2.12. The van der Waals surface area contributed by atoms with Gasteiger partial charge in [0.1, 0.15) is 0 Å². The number of benzene rings is 1. The number of carbonyl (C=O) groups excluding carboxylic acids is 1. The molecule has 1 aliphatic carbocycles. The highest BCUT2D eigenvalue weighted by molar-refractivity contribution is 5.98. The van der Waals surface area contributed by atoms with E-state index in [1.54, 1.807) is 0 Å². The first-order valence-corrected chi connectivity index (χ1v) is 4.99. The average Bonchev–Trinajstić information content (AvgIpc) is 2.16. The molecular formula is C12H12O3. The van der Waals surface area contributed by atoms with Gasteiger partial charge < -0.3 is 5.11 Å². The van der Waals surface area contributed by atoms with E-state index in [1.807, 2.05) is 24.3 Å². The Hall–Kier alpha value is -1.64. The van der Waals surface area contributed by atoms with Crippen LogP contribution in [0.25, 0.3) is 0 Å². The van der Waals surface area contributed by atoms with E-state index in [1.165, 1.54) is 0 Å². The van der Waals surface area contributed by atoms with Crippen LogP contribution in [0, 0.1) is 5.92 Å². The van der Waals surface area contributed by atoms with Crippen molar-refractivity contribution in [1.29, 1.82) is 0 Å². The van der Waals surface area contributed by atoms with Gasteiger partial charge in [0.2, 0.25) is 0 Å². The first-order chi connectivity index (χ1) is 7.16. The van der Waals surface area contributed by atoms with Crippen LogP contribution in [-0.2, 0) is 11.2 Å². The maximum absolute atomic E-state index is 11.7. The molecule has 1 unspecified atom stereocenters. The first-order valence-electron chi connectivity index (χ1n) is 4.99. The molecule has 0 aromatic heterocycles. The quantitative estimate of drug-likeness (QED) is 0.800. The molecule has 1 N–H and O–H groups in total. The zero-order valence-electron chi connectivity index (χ0n) is 8.27. The monoisotopic (exact) mass is 204 g/mol. The number of Topliss-reactive ketones (excluding diaryl/α,β-unsaturated/α-hetero) is 1. The summed E-state index contributed by atoms with van der Waals surface area (Å²) in [6, 6.07) is 7.44.